The van der Waals surface area contributed by atoms with Gasteiger partial charge in [-0.1, -0.05) is 42.5 Å². The lowest BCUT2D eigenvalue weighted by Gasteiger charge is -2.15. The van der Waals surface area contributed by atoms with Gasteiger partial charge < -0.3 is 15.4 Å². The largest absolute Gasteiger partial charge is 0.489 e. The molecular formula is C18H22N2O. The van der Waals surface area contributed by atoms with Crippen LogP contribution in [-0.4, -0.2) is 31.1 Å². The Morgan fingerprint density at radius 1 is 1.05 bits per heavy atom. The summed E-state index contributed by atoms with van der Waals surface area (Å²) < 4.78 is 5.82. The molecule has 1 heterocycles. The molecule has 1 aliphatic heterocycles. The lowest BCUT2D eigenvalue weighted by atomic mass is 9.95. The molecule has 2 atom stereocenters. The number of likely N-dealkylation sites (N-methyl/N-ethyl adjacent to an activating group) is 1. The van der Waals surface area contributed by atoms with E-state index in [1.54, 1.807) is 0 Å². The minimum atomic E-state index is 0.228. The summed E-state index contributed by atoms with van der Waals surface area (Å²) >= 11 is 0. The van der Waals surface area contributed by atoms with Crippen molar-refractivity contribution in [2.45, 2.75) is 18.6 Å². The molecule has 3 rings (SSSR count). The van der Waals surface area contributed by atoms with Gasteiger partial charge in [-0.05, 0) is 30.3 Å². The number of nitrogens with two attached hydrogens (primary N) is 1. The smallest absolute Gasteiger partial charge is 0.119 e. The van der Waals surface area contributed by atoms with Crippen molar-refractivity contribution in [3.05, 3.63) is 65.7 Å². The van der Waals surface area contributed by atoms with Crippen LogP contribution in [0.3, 0.4) is 0 Å². The molecule has 0 aliphatic carbocycles. The number of likely N-dealkylation sites (tertiary alicyclic amines) is 1. The first-order valence-electron chi connectivity index (χ1n) is 7.43. The fraction of sp³-hybridized carbons (Fsp3) is 0.333. The van der Waals surface area contributed by atoms with Crippen LogP contribution in [0.1, 0.15) is 17.0 Å². The molecule has 3 heteroatoms. The van der Waals surface area contributed by atoms with E-state index in [1.165, 1.54) is 11.1 Å². The van der Waals surface area contributed by atoms with Gasteiger partial charge in [0.1, 0.15) is 12.4 Å². The molecule has 21 heavy (non-hydrogen) atoms. The molecule has 2 aromatic carbocycles. The average molecular weight is 282 g/mol. The summed E-state index contributed by atoms with van der Waals surface area (Å²) in [5.74, 6) is 1.33. The molecule has 1 saturated heterocycles. The second kappa shape index (κ2) is 6.29. The van der Waals surface area contributed by atoms with E-state index < -0.39 is 0 Å². The SMILES string of the molecule is CN1C[C@H](c2ccc(OCc3ccccc3)cc2)[C@@H](N)C1. The van der Waals surface area contributed by atoms with Crippen molar-refractivity contribution in [2.75, 3.05) is 20.1 Å². The third-order valence-electron chi connectivity index (χ3n) is 4.10. The second-order valence-corrected chi connectivity index (χ2v) is 5.83. The Morgan fingerprint density at radius 2 is 1.76 bits per heavy atom. The lowest BCUT2D eigenvalue weighted by molar-refractivity contribution is 0.306. The van der Waals surface area contributed by atoms with Crippen LogP contribution in [0.15, 0.2) is 54.6 Å². The fourth-order valence-electron chi connectivity index (χ4n) is 2.94. The van der Waals surface area contributed by atoms with Crippen molar-refractivity contribution in [1.29, 1.82) is 0 Å². The Kier molecular flexibility index (Phi) is 4.23. The lowest BCUT2D eigenvalue weighted by Crippen LogP contribution is -2.27. The van der Waals surface area contributed by atoms with Crippen molar-refractivity contribution in [2.24, 2.45) is 5.73 Å². The van der Waals surface area contributed by atoms with Crippen molar-refractivity contribution in [1.82, 2.24) is 4.90 Å². The molecule has 0 radical (unpaired) electrons. The van der Waals surface area contributed by atoms with Gasteiger partial charge in [-0.25, -0.2) is 0 Å². The monoisotopic (exact) mass is 282 g/mol. The Hall–Kier alpha value is -1.84. The van der Waals surface area contributed by atoms with Gasteiger partial charge in [-0.15, -0.1) is 0 Å². The molecule has 0 aromatic heterocycles. The number of benzene rings is 2. The minimum absolute atomic E-state index is 0.228. The van der Waals surface area contributed by atoms with Gasteiger partial charge in [0.2, 0.25) is 0 Å². The Bertz CT molecular complexity index is 568. The topological polar surface area (TPSA) is 38.5 Å². The molecule has 1 fully saturated rings. The Morgan fingerprint density at radius 3 is 2.38 bits per heavy atom. The number of ether oxygens (including phenoxy) is 1. The molecule has 3 nitrogen and oxygen atoms in total. The second-order valence-electron chi connectivity index (χ2n) is 5.83. The van der Waals surface area contributed by atoms with Crippen LogP contribution >= 0.6 is 0 Å². The first-order valence-corrected chi connectivity index (χ1v) is 7.43. The molecule has 1 aliphatic rings. The minimum Gasteiger partial charge on any atom is -0.489 e. The van der Waals surface area contributed by atoms with Crippen LogP contribution in [0.5, 0.6) is 5.75 Å². The van der Waals surface area contributed by atoms with Crippen LogP contribution in [0.25, 0.3) is 0 Å². The molecule has 2 N–H and O–H groups in total. The highest BCUT2D eigenvalue weighted by Gasteiger charge is 2.28. The fourth-order valence-corrected chi connectivity index (χ4v) is 2.94. The third-order valence-corrected chi connectivity index (χ3v) is 4.10. The number of rotatable bonds is 4. The third kappa shape index (κ3) is 3.43. The van der Waals surface area contributed by atoms with E-state index >= 15 is 0 Å². The summed E-state index contributed by atoms with van der Waals surface area (Å²) in [7, 11) is 2.12. The first-order chi connectivity index (χ1) is 10.2. The van der Waals surface area contributed by atoms with Crippen LogP contribution in [-0.2, 0) is 6.61 Å². The van der Waals surface area contributed by atoms with E-state index in [-0.39, 0.29) is 6.04 Å². The predicted octanol–water partition coefficient (Wildman–Crippen LogP) is 2.62. The summed E-state index contributed by atoms with van der Waals surface area (Å²) in [5.41, 5.74) is 8.69. The number of nitrogens with zero attached hydrogens (tertiary/aromatic N) is 1. The number of hydrogen-bond acceptors (Lipinski definition) is 3. The highest BCUT2D eigenvalue weighted by molar-refractivity contribution is 5.31. The molecule has 0 spiro atoms. The van der Waals surface area contributed by atoms with Crippen LogP contribution in [0, 0.1) is 0 Å². The zero-order valence-corrected chi connectivity index (χ0v) is 12.4. The molecule has 110 valence electrons. The summed E-state index contributed by atoms with van der Waals surface area (Å²) in [6, 6.07) is 18.8. The van der Waals surface area contributed by atoms with E-state index in [0.29, 0.717) is 12.5 Å². The maximum atomic E-state index is 6.20. The summed E-state index contributed by atoms with van der Waals surface area (Å²) in [6.45, 7) is 2.61. The van der Waals surface area contributed by atoms with Gasteiger partial charge in [0.25, 0.3) is 0 Å². The highest BCUT2D eigenvalue weighted by Crippen LogP contribution is 2.27. The zero-order valence-electron chi connectivity index (χ0n) is 12.4. The van der Waals surface area contributed by atoms with E-state index in [4.69, 9.17) is 10.5 Å². The van der Waals surface area contributed by atoms with Crippen LogP contribution in [0.2, 0.25) is 0 Å². The average Bonchev–Trinajstić information content (AvgIpc) is 2.85. The number of hydrogen-bond donors (Lipinski definition) is 1. The van der Waals surface area contributed by atoms with Crippen molar-refractivity contribution >= 4 is 0 Å². The predicted molar refractivity (Wildman–Crippen MR) is 85.4 cm³/mol. The zero-order chi connectivity index (χ0) is 14.7. The van der Waals surface area contributed by atoms with Gasteiger partial charge in [0.15, 0.2) is 0 Å². The van der Waals surface area contributed by atoms with Crippen LogP contribution < -0.4 is 10.5 Å². The van der Waals surface area contributed by atoms with Crippen molar-refractivity contribution in [3.63, 3.8) is 0 Å². The van der Waals surface area contributed by atoms with E-state index in [1.807, 2.05) is 30.3 Å². The van der Waals surface area contributed by atoms with E-state index in [0.717, 1.165) is 18.8 Å². The van der Waals surface area contributed by atoms with E-state index in [2.05, 4.69) is 36.2 Å². The molecule has 2 aromatic rings. The van der Waals surface area contributed by atoms with Gasteiger partial charge in [0.05, 0.1) is 0 Å². The highest BCUT2D eigenvalue weighted by atomic mass is 16.5. The molecule has 0 saturated carbocycles. The van der Waals surface area contributed by atoms with Gasteiger partial charge in [-0.3, -0.25) is 0 Å². The first kappa shape index (κ1) is 14.1. The summed E-state index contributed by atoms with van der Waals surface area (Å²) in [6.07, 6.45) is 0. The normalized spacial score (nSPS) is 22.4. The maximum Gasteiger partial charge on any atom is 0.119 e. The maximum absolute atomic E-state index is 6.20. The molecule has 0 unspecified atom stereocenters. The summed E-state index contributed by atoms with van der Waals surface area (Å²) in [5, 5.41) is 0. The molecule has 0 amide bonds. The van der Waals surface area contributed by atoms with Gasteiger partial charge in [-0.2, -0.15) is 0 Å². The molecule has 0 bridgehead atoms. The quantitative estimate of drug-likeness (QED) is 0.937. The van der Waals surface area contributed by atoms with Crippen molar-refractivity contribution < 1.29 is 4.74 Å². The molecular weight excluding hydrogens is 260 g/mol. The van der Waals surface area contributed by atoms with E-state index in [9.17, 15) is 0 Å². The Balaban J connectivity index is 1.62. The van der Waals surface area contributed by atoms with Crippen LogP contribution in [0.4, 0.5) is 0 Å². The van der Waals surface area contributed by atoms with Gasteiger partial charge >= 0.3 is 0 Å². The summed E-state index contributed by atoms with van der Waals surface area (Å²) in [4.78, 5) is 2.29. The van der Waals surface area contributed by atoms with Gasteiger partial charge in [0, 0.05) is 25.0 Å². The Labute approximate surface area is 126 Å². The standard InChI is InChI=1S/C18H22N2O/c1-20-11-17(18(19)12-20)15-7-9-16(10-8-15)21-13-14-5-3-2-4-6-14/h2-10,17-18H,11-13,19H2,1H3/t17-,18+/m1/s1. The van der Waals surface area contributed by atoms with Crippen molar-refractivity contribution in [3.8, 4) is 5.75 Å².